The summed E-state index contributed by atoms with van der Waals surface area (Å²) < 4.78 is 0. The Kier molecular flexibility index (Phi) is 4.56. The molecule has 1 aromatic rings. The molecule has 1 amide bonds. The molecule has 1 saturated heterocycles. The highest BCUT2D eigenvalue weighted by molar-refractivity contribution is 5.82. The van der Waals surface area contributed by atoms with Crippen molar-refractivity contribution in [1.29, 1.82) is 0 Å². The average Bonchev–Trinajstić information content (AvgIpc) is 2.42. The molecule has 0 aromatic heterocycles. The van der Waals surface area contributed by atoms with E-state index in [0.29, 0.717) is 12.5 Å². The van der Waals surface area contributed by atoms with Crippen LogP contribution in [0.25, 0.3) is 0 Å². The molecule has 1 fully saturated rings. The standard InChI is InChI=1S/C15H23N3O/c1-12-11-18(9-8-17(12)2)15(19)14(16)10-13-6-4-3-5-7-13/h3-7,12,14H,8-11,16H2,1-2H3. The van der Waals surface area contributed by atoms with E-state index in [0.717, 1.165) is 25.2 Å². The fourth-order valence-electron chi connectivity index (χ4n) is 2.44. The molecule has 1 aromatic carbocycles. The Morgan fingerprint density at radius 1 is 1.37 bits per heavy atom. The van der Waals surface area contributed by atoms with E-state index in [2.05, 4.69) is 18.9 Å². The predicted octanol–water partition coefficient (Wildman–Crippen LogP) is 0.719. The molecule has 0 bridgehead atoms. The van der Waals surface area contributed by atoms with Crippen LogP contribution in [-0.4, -0.2) is 54.5 Å². The highest BCUT2D eigenvalue weighted by atomic mass is 16.2. The molecule has 4 nitrogen and oxygen atoms in total. The van der Waals surface area contributed by atoms with Gasteiger partial charge in [0.05, 0.1) is 6.04 Å². The summed E-state index contributed by atoms with van der Waals surface area (Å²) in [5.41, 5.74) is 7.17. The maximum Gasteiger partial charge on any atom is 0.239 e. The number of nitrogens with two attached hydrogens (primary N) is 1. The molecule has 2 atom stereocenters. The molecule has 1 aliphatic heterocycles. The first-order valence-electron chi connectivity index (χ1n) is 6.86. The highest BCUT2D eigenvalue weighted by Gasteiger charge is 2.27. The molecular formula is C15H23N3O. The fourth-order valence-corrected chi connectivity index (χ4v) is 2.44. The lowest BCUT2D eigenvalue weighted by Crippen LogP contribution is -2.56. The lowest BCUT2D eigenvalue weighted by Gasteiger charge is -2.38. The third-order valence-electron chi connectivity index (χ3n) is 3.89. The third-order valence-corrected chi connectivity index (χ3v) is 3.89. The molecule has 0 spiro atoms. The van der Waals surface area contributed by atoms with Gasteiger partial charge in [-0.1, -0.05) is 30.3 Å². The van der Waals surface area contributed by atoms with Crippen molar-refractivity contribution in [3.8, 4) is 0 Å². The number of hydrogen-bond donors (Lipinski definition) is 1. The summed E-state index contributed by atoms with van der Waals surface area (Å²) in [6.07, 6.45) is 0.612. The topological polar surface area (TPSA) is 49.6 Å². The number of benzene rings is 1. The number of piperazine rings is 1. The average molecular weight is 261 g/mol. The monoisotopic (exact) mass is 261 g/mol. The second-order valence-electron chi connectivity index (χ2n) is 5.41. The minimum absolute atomic E-state index is 0.0730. The van der Waals surface area contributed by atoms with Crippen LogP contribution in [0, 0.1) is 0 Å². The fraction of sp³-hybridized carbons (Fsp3) is 0.533. The van der Waals surface area contributed by atoms with Gasteiger partial charge in [0, 0.05) is 25.7 Å². The van der Waals surface area contributed by atoms with Gasteiger partial charge in [0.2, 0.25) is 5.91 Å². The summed E-state index contributed by atoms with van der Waals surface area (Å²) in [5, 5.41) is 0. The number of rotatable bonds is 3. The molecule has 1 aliphatic rings. The van der Waals surface area contributed by atoms with Gasteiger partial charge in [0.25, 0.3) is 0 Å². The van der Waals surface area contributed by atoms with E-state index in [4.69, 9.17) is 5.73 Å². The molecule has 2 rings (SSSR count). The Hall–Kier alpha value is -1.39. The number of carbonyl (C=O) groups excluding carboxylic acids is 1. The molecule has 0 aliphatic carbocycles. The molecule has 2 N–H and O–H groups in total. The SMILES string of the molecule is CC1CN(C(=O)C(N)Cc2ccccc2)CCN1C. The number of hydrogen-bond acceptors (Lipinski definition) is 3. The van der Waals surface area contributed by atoms with Gasteiger partial charge < -0.3 is 15.5 Å². The maximum absolute atomic E-state index is 12.3. The van der Waals surface area contributed by atoms with E-state index < -0.39 is 6.04 Å². The van der Waals surface area contributed by atoms with E-state index in [-0.39, 0.29) is 5.91 Å². The smallest absolute Gasteiger partial charge is 0.239 e. The summed E-state index contributed by atoms with van der Waals surface area (Å²) in [6, 6.07) is 9.92. The van der Waals surface area contributed by atoms with Crippen LogP contribution in [0.3, 0.4) is 0 Å². The predicted molar refractivity (Wildman–Crippen MR) is 76.8 cm³/mol. The van der Waals surface area contributed by atoms with Gasteiger partial charge in [0.15, 0.2) is 0 Å². The number of carbonyl (C=O) groups is 1. The second-order valence-corrected chi connectivity index (χ2v) is 5.41. The van der Waals surface area contributed by atoms with E-state index in [9.17, 15) is 4.79 Å². The molecule has 0 radical (unpaired) electrons. The van der Waals surface area contributed by atoms with Crippen molar-refractivity contribution in [1.82, 2.24) is 9.80 Å². The summed E-state index contributed by atoms with van der Waals surface area (Å²) in [6.45, 7) is 4.62. The number of amides is 1. The van der Waals surface area contributed by atoms with Crippen LogP contribution in [-0.2, 0) is 11.2 Å². The number of likely N-dealkylation sites (N-methyl/N-ethyl adjacent to an activating group) is 1. The normalized spacial score (nSPS) is 22.3. The Balaban J connectivity index is 1.92. The van der Waals surface area contributed by atoms with Crippen LogP contribution < -0.4 is 5.73 Å². The molecular weight excluding hydrogens is 238 g/mol. The van der Waals surface area contributed by atoms with Crippen LogP contribution in [0.15, 0.2) is 30.3 Å². The minimum Gasteiger partial charge on any atom is -0.338 e. The van der Waals surface area contributed by atoms with Crippen LogP contribution in [0.1, 0.15) is 12.5 Å². The first kappa shape index (κ1) is 14.0. The zero-order valence-corrected chi connectivity index (χ0v) is 11.7. The Morgan fingerprint density at radius 2 is 2.05 bits per heavy atom. The summed E-state index contributed by atoms with van der Waals surface area (Å²) in [5.74, 6) is 0.0730. The second kappa shape index (κ2) is 6.17. The van der Waals surface area contributed by atoms with Crippen molar-refractivity contribution in [3.05, 3.63) is 35.9 Å². The van der Waals surface area contributed by atoms with Crippen molar-refractivity contribution in [3.63, 3.8) is 0 Å². The lowest BCUT2D eigenvalue weighted by atomic mass is 10.0. The zero-order chi connectivity index (χ0) is 13.8. The summed E-state index contributed by atoms with van der Waals surface area (Å²) in [4.78, 5) is 16.5. The lowest BCUT2D eigenvalue weighted by molar-refractivity contribution is -0.135. The summed E-state index contributed by atoms with van der Waals surface area (Å²) >= 11 is 0. The van der Waals surface area contributed by atoms with E-state index in [1.807, 2.05) is 35.2 Å². The van der Waals surface area contributed by atoms with Gasteiger partial charge in [-0.15, -0.1) is 0 Å². The van der Waals surface area contributed by atoms with Crippen molar-refractivity contribution >= 4 is 5.91 Å². The van der Waals surface area contributed by atoms with Crippen molar-refractivity contribution in [2.45, 2.75) is 25.4 Å². The first-order chi connectivity index (χ1) is 9.08. The van der Waals surface area contributed by atoms with Gasteiger partial charge in [-0.05, 0) is 26.0 Å². The van der Waals surface area contributed by atoms with Crippen LogP contribution in [0.5, 0.6) is 0 Å². The largest absolute Gasteiger partial charge is 0.338 e. The summed E-state index contributed by atoms with van der Waals surface area (Å²) in [7, 11) is 2.09. The third kappa shape index (κ3) is 3.55. The number of nitrogens with zero attached hydrogens (tertiary/aromatic N) is 2. The maximum atomic E-state index is 12.3. The zero-order valence-electron chi connectivity index (χ0n) is 11.7. The van der Waals surface area contributed by atoms with Crippen molar-refractivity contribution in [2.75, 3.05) is 26.7 Å². The Morgan fingerprint density at radius 3 is 2.68 bits per heavy atom. The molecule has 19 heavy (non-hydrogen) atoms. The van der Waals surface area contributed by atoms with Crippen LogP contribution >= 0.6 is 0 Å². The quantitative estimate of drug-likeness (QED) is 0.872. The van der Waals surface area contributed by atoms with Gasteiger partial charge >= 0.3 is 0 Å². The van der Waals surface area contributed by atoms with Crippen molar-refractivity contribution in [2.24, 2.45) is 5.73 Å². The van der Waals surface area contributed by atoms with Gasteiger partial charge in [-0.3, -0.25) is 4.79 Å². The minimum atomic E-state index is -0.432. The van der Waals surface area contributed by atoms with Gasteiger partial charge in [-0.25, -0.2) is 0 Å². The highest BCUT2D eigenvalue weighted by Crippen LogP contribution is 2.10. The van der Waals surface area contributed by atoms with Crippen LogP contribution in [0.4, 0.5) is 0 Å². The van der Waals surface area contributed by atoms with Crippen molar-refractivity contribution < 1.29 is 4.79 Å². The van der Waals surface area contributed by atoms with E-state index in [1.54, 1.807) is 0 Å². The molecule has 104 valence electrons. The Bertz CT molecular complexity index is 421. The van der Waals surface area contributed by atoms with Crippen LogP contribution in [0.2, 0.25) is 0 Å². The molecule has 2 unspecified atom stereocenters. The van der Waals surface area contributed by atoms with Gasteiger partial charge in [0.1, 0.15) is 0 Å². The van der Waals surface area contributed by atoms with E-state index >= 15 is 0 Å². The molecule has 0 saturated carbocycles. The molecule has 1 heterocycles. The first-order valence-corrected chi connectivity index (χ1v) is 6.86. The van der Waals surface area contributed by atoms with E-state index in [1.165, 1.54) is 0 Å². The molecule has 4 heteroatoms. The Labute approximate surface area is 115 Å². The van der Waals surface area contributed by atoms with Gasteiger partial charge in [-0.2, -0.15) is 0 Å².